The average Bonchev–Trinajstić information content (AvgIpc) is 3.14. The van der Waals surface area contributed by atoms with Crippen LogP contribution in [0.1, 0.15) is 40.0 Å². The number of ether oxygens (including phenoxy) is 1. The fraction of sp³-hybridized carbons (Fsp3) is 0.727. The Morgan fingerprint density at radius 3 is 2.62 bits per heavy atom. The molecule has 5 aliphatic rings. The Morgan fingerprint density at radius 1 is 1.24 bits per heavy atom. The van der Waals surface area contributed by atoms with Crippen LogP contribution in [-0.2, 0) is 14.3 Å². The number of aliphatic hydroxyl groups excluding tert-OH is 1. The number of thioether (sulfide) groups is 1. The van der Waals surface area contributed by atoms with Crippen LogP contribution < -0.4 is 0 Å². The van der Waals surface area contributed by atoms with Crippen LogP contribution in [0.25, 0.3) is 0 Å². The highest BCUT2D eigenvalue weighted by atomic mass is 32.2. The van der Waals surface area contributed by atoms with Crippen molar-refractivity contribution in [2.45, 2.75) is 62.9 Å². The summed E-state index contributed by atoms with van der Waals surface area (Å²) in [6, 6.07) is 0. The van der Waals surface area contributed by atoms with E-state index in [2.05, 4.69) is 0 Å². The first-order chi connectivity index (χ1) is 13.5. The lowest BCUT2D eigenvalue weighted by molar-refractivity contribution is -0.215. The number of halogens is 2. The summed E-state index contributed by atoms with van der Waals surface area (Å²) in [5, 5.41) is 11.2. The van der Waals surface area contributed by atoms with E-state index in [-0.39, 0.29) is 47.8 Å². The summed E-state index contributed by atoms with van der Waals surface area (Å²) < 4.78 is 38.2. The molecule has 1 heterocycles. The minimum absolute atomic E-state index is 0.0187. The molecule has 4 fully saturated rings. The van der Waals surface area contributed by atoms with E-state index in [1.807, 2.05) is 13.8 Å². The first kappa shape index (κ1) is 19.7. The Balaban J connectivity index is 1.64. The van der Waals surface area contributed by atoms with Gasteiger partial charge in [-0.1, -0.05) is 19.9 Å². The summed E-state index contributed by atoms with van der Waals surface area (Å²) in [5.41, 5.74) is -3.97. The largest absolute Gasteiger partial charge is 0.446 e. The number of carbonyl (C=O) groups is 2. The van der Waals surface area contributed by atoms with Gasteiger partial charge in [-0.2, -0.15) is 0 Å². The molecule has 29 heavy (non-hydrogen) atoms. The van der Waals surface area contributed by atoms with Gasteiger partial charge in [0.1, 0.15) is 6.17 Å². The molecule has 158 valence electrons. The van der Waals surface area contributed by atoms with Crippen molar-refractivity contribution in [1.82, 2.24) is 0 Å². The average molecular weight is 425 g/mol. The van der Waals surface area contributed by atoms with E-state index < -0.39 is 39.6 Å². The number of hydrogen-bond donors (Lipinski definition) is 1. The molecule has 1 spiro atoms. The monoisotopic (exact) mass is 424 g/mol. The van der Waals surface area contributed by atoms with Gasteiger partial charge < -0.3 is 9.84 Å². The Bertz CT molecular complexity index is 873. The molecule has 2 unspecified atom stereocenters. The van der Waals surface area contributed by atoms with Crippen molar-refractivity contribution in [3.63, 3.8) is 0 Å². The Kier molecular flexibility index (Phi) is 3.90. The van der Waals surface area contributed by atoms with Crippen LogP contribution in [-0.4, -0.2) is 45.5 Å². The highest BCUT2D eigenvalue weighted by Crippen LogP contribution is 2.74. The number of esters is 1. The van der Waals surface area contributed by atoms with E-state index in [0.717, 1.165) is 0 Å². The second kappa shape index (κ2) is 5.72. The molecule has 5 rings (SSSR count). The molecule has 4 nitrogen and oxygen atoms in total. The van der Waals surface area contributed by atoms with Crippen LogP contribution in [0.5, 0.6) is 0 Å². The highest BCUT2D eigenvalue weighted by Gasteiger charge is 2.77. The number of aliphatic hydroxyl groups is 1. The van der Waals surface area contributed by atoms with Gasteiger partial charge in [-0.15, -0.1) is 11.8 Å². The summed E-state index contributed by atoms with van der Waals surface area (Å²) in [6.45, 7) is 5.57. The molecule has 1 saturated heterocycles. The van der Waals surface area contributed by atoms with Gasteiger partial charge in [-0.25, -0.2) is 8.78 Å². The Morgan fingerprint density at radius 2 is 1.97 bits per heavy atom. The lowest BCUT2D eigenvalue weighted by atomic mass is 9.45. The fourth-order valence-electron chi connectivity index (χ4n) is 7.41. The molecule has 4 aliphatic carbocycles. The summed E-state index contributed by atoms with van der Waals surface area (Å²) in [5.74, 6) is -1.36. The van der Waals surface area contributed by atoms with Crippen molar-refractivity contribution in [2.24, 2.45) is 28.6 Å². The third-order valence-corrected chi connectivity index (χ3v) is 10.5. The smallest absolute Gasteiger partial charge is 0.317 e. The van der Waals surface area contributed by atoms with Crippen molar-refractivity contribution < 1.29 is 28.2 Å². The van der Waals surface area contributed by atoms with Crippen molar-refractivity contribution in [3.8, 4) is 0 Å². The Labute approximate surface area is 173 Å². The van der Waals surface area contributed by atoms with Gasteiger partial charge in [0.25, 0.3) is 0 Å². The van der Waals surface area contributed by atoms with Crippen molar-refractivity contribution in [2.75, 3.05) is 5.75 Å². The topological polar surface area (TPSA) is 63.6 Å². The maximum atomic E-state index is 17.0. The second-order valence-corrected chi connectivity index (χ2v) is 11.1. The number of rotatable bonds is 0. The Hall–Kier alpha value is -1.21. The molecular weight excluding hydrogens is 398 g/mol. The summed E-state index contributed by atoms with van der Waals surface area (Å²) in [4.78, 5) is 23.1. The minimum atomic E-state index is -2.08. The molecule has 0 aromatic rings. The molecule has 3 saturated carbocycles. The highest BCUT2D eigenvalue weighted by molar-refractivity contribution is 8.01. The number of alkyl halides is 2. The molecule has 0 bridgehead atoms. The molecule has 0 radical (unpaired) electrons. The summed E-state index contributed by atoms with van der Waals surface area (Å²) in [7, 11) is 0. The van der Waals surface area contributed by atoms with Gasteiger partial charge in [0.15, 0.2) is 16.4 Å². The molecule has 1 N–H and O–H groups in total. The van der Waals surface area contributed by atoms with Crippen LogP contribution in [0.4, 0.5) is 8.78 Å². The van der Waals surface area contributed by atoms with Crippen molar-refractivity contribution >= 4 is 23.5 Å². The molecule has 0 aromatic heterocycles. The van der Waals surface area contributed by atoms with E-state index in [4.69, 9.17) is 4.74 Å². The van der Waals surface area contributed by atoms with Crippen LogP contribution in [0.3, 0.4) is 0 Å². The van der Waals surface area contributed by atoms with Crippen LogP contribution in [0.15, 0.2) is 23.8 Å². The van der Waals surface area contributed by atoms with Crippen LogP contribution in [0, 0.1) is 28.6 Å². The van der Waals surface area contributed by atoms with Crippen molar-refractivity contribution in [1.29, 1.82) is 0 Å². The van der Waals surface area contributed by atoms with Gasteiger partial charge in [-0.05, 0) is 49.8 Å². The van der Waals surface area contributed by atoms with E-state index in [1.54, 1.807) is 6.92 Å². The fourth-order valence-corrected chi connectivity index (χ4v) is 8.89. The summed E-state index contributed by atoms with van der Waals surface area (Å²) >= 11 is 1.45. The first-order valence-electron chi connectivity index (χ1n) is 10.3. The van der Waals surface area contributed by atoms with Gasteiger partial charge in [0.2, 0.25) is 0 Å². The zero-order valence-electron chi connectivity index (χ0n) is 16.8. The quantitative estimate of drug-likeness (QED) is 0.603. The maximum absolute atomic E-state index is 17.0. The molecule has 1 aliphatic heterocycles. The normalized spacial score (nSPS) is 55.9. The summed E-state index contributed by atoms with van der Waals surface area (Å²) in [6.07, 6.45) is 1.83. The zero-order valence-corrected chi connectivity index (χ0v) is 17.6. The lowest BCUT2D eigenvalue weighted by Gasteiger charge is -2.63. The van der Waals surface area contributed by atoms with Crippen LogP contribution >= 0.6 is 11.8 Å². The van der Waals surface area contributed by atoms with Crippen LogP contribution in [0.2, 0.25) is 0 Å². The van der Waals surface area contributed by atoms with E-state index in [9.17, 15) is 14.7 Å². The second-order valence-electron chi connectivity index (χ2n) is 9.93. The first-order valence-corrected chi connectivity index (χ1v) is 11.3. The number of carbonyl (C=O) groups excluding carboxylic acids is 2. The molecular formula is C22H26F2O4S. The molecule has 9 atom stereocenters. The van der Waals surface area contributed by atoms with Gasteiger partial charge in [0, 0.05) is 22.7 Å². The third-order valence-electron chi connectivity index (χ3n) is 8.74. The predicted octanol–water partition coefficient (Wildman–Crippen LogP) is 3.54. The molecule has 7 heteroatoms. The van der Waals surface area contributed by atoms with Gasteiger partial charge >= 0.3 is 5.97 Å². The SMILES string of the molecule is C[C@@H]1CC2C3C[C@H](F)C4=CC(=O)C=C[C@]4(C)[C@@]3(F)[C@@H](O)C[C@]2(C)[C@]12OC(=O)CS2. The number of allylic oxidation sites excluding steroid dienone is 4. The zero-order chi connectivity index (χ0) is 21.0. The molecule has 0 amide bonds. The number of fused-ring (bicyclic) bond motifs is 6. The maximum Gasteiger partial charge on any atom is 0.317 e. The van der Waals surface area contributed by atoms with Gasteiger partial charge in [-0.3, -0.25) is 9.59 Å². The van der Waals surface area contributed by atoms with Crippen molar-refractivity contribution in [3.05, 3.63) is 23.8 Å². The standard InChI is InChI=1S/C22H26F2O4S/c1-11-6-13-14-8-16(23)15-7-12(25)4-5-19(15,2)21(14,24)17(26)9-20(13,3)22(11)28-18(27)10-29-22/h4-5,7,11,13-14,16-17,26H,6,8-10H2,1-3H3/t11-,13?,14?,16+,17+,19+,20+,21+,22+/m1/s1. The number of hydrogen-bond acceptors (Lipinski definition) is 5. The molecule has 0 aromatic carbocycles. The third kappa shape index (κ3) is 2.09. The van der Waals surface area contributed by atoms with Gasteiger partial charge in [0.05, 0.1) is 11.9 Å². The van der Waals surface area contributed by atoms with E-state index >= 15 is 8.78 Å². The lowest BCUT2D eigenvalue weighted by Crippen LogP contribution is -2.69. The van der Waals surface area contributed by atoms with E-state index in [1.165, 1.54) is 30.0 Å². The predicted molar refractivity (Wildman–Crippen MR) is 104 cm³/mol. The minimum Gasteiger partial charge on any atom is -0.446 e. The van der Waals surface area contributed by atoms with E-state index in [0.29, 0.717) is 6.42 Å². The number of ketones is 1.